The molecule has 0 saturated carbocycles. The van der Waals surface area contributed by atoms with Crippen LogP contribution in [0.2, 0.25) is 0 Å². The van der Waals surface area contributed by atoms with Gasteiger partial charge in [-0.25, -0.2) is 4.98 Å². The predicted octanol–water partition coefficient (Wildman–Crippen LogP) is 2.61. The maximum absolute atomic E-state index is 5.17. The van der Waals surface area contributed by atoms with Crippen LogP contribution in [0.15, 0.2) is 12.1 Å². The van der Waals surface area contributed by atoms with Gasteiger partial charge in [0.15, 0.2) is 0 Å². The Bertz CT molecular complexity index is 299. The maximum Gasteiger partial charge on any atom is 0.130 e. The SMILES string of the molecule is CCC(C)Nc1cc(OC)cc(C)n1. The Morgan fingerprint density at radius 2 is 2.21 bits per heavy atom. The van der Waals surface area contributed by atoms with Crippen molar-refractivity contribution >= 4 is 5.82 Å². The molecule has 1 aromatic heterocycles. The number of aryl methyl sites for hydroxylation is 1. The number of nitrogens with zero attached hydrogens (tertiary/aromatic N) is 1. The second-order valence-corrected chi connectivity index (χ2v) is 3.49. The predicted molar refractivity (Wildman–Crippen MR) is 58.9 cm³/mol. The standard InChI is InChI=1S/C11H18N2O/c1-5-8(2)12-11-7-10(14-4)6-9(3)13-11/h6-8H,5H2,1-4H3,(H,12,13). The summed E-state index contributed by atoms with van der Waals surface area (Å²) >= 11 is 0. The third-order valence-electron chi connectivity index (χ3n) is 2.17. The van der Waals surface area contributed by atoms with Crippen molar-refractivity contribution in [2.75, 3.05) is 12.4 Å². The van der Waals surface area contributed by atoms with E-state index >= 15 is 0 Å². The summed E-state index contributed by atoms with van der Waals surface area (Å²) in [7, 11) is 1.67. The van der Waals surface area contributed by atoms with Gasteiger partial charge >= 0.3 is 0 Å². The van der Waals surface area contributed by atoms with Gasteiger partial charge in [-0.2, -0.15) is 0 Å². The van der Waals surface area contributed by atoms with Gasteiger partial charge in [-0.15, -0.1) is 0 Å². The molecular weight excluding hydrogens is 176 g/mol. The Morgan fingerprint density at radius 1 is 1.50 bits per heavy atom. The van der Waals surface area contributed by atoms with Gasteiger partial charge in [-0.05, 0) is 20.3 Å². The van der Waals surface area contributed by atoms with Crippen LogP contribution in [0.4, 0.5) is 5.82 Å². The number of anilines is 1. The number of methoxy groups -OCH3 is 1. The highest BCUT2D eigenvalue weighted by Gasteiger charge is 2.02. The molecule has 3 heteroatoms. The van der Waals surface area contributed by atoms with Crippen molar-refractivity contribution in [1.82, 2.24) is 4.98 Å². The molecule has 1 aromatic rings. The fourth-order valence-corrected chi connectivity index (χ4v) is 1.18. The topological polar surface area (TPSA) is 34.1 Å². The summed E-state index contributed by atoms with van der Waals surface area (Å²) in [4.78, 5) is 4.38. The van der Waals surface area contributed by atoms with E-state index in [1.807, 2.05) is 19.1 Å². The van der Waals surface area contributed by atoms with E-state index in [1.54, 1.807) is 7.11 Å². The summed E-state index contributed by atoms with van der Waals surface area (Å²) in [5, 5.41) is 3.32. The second kappa shape index (κ2) is 4.84. The molecule has 1 rings (SSSR count). The van der Waals surface area contributed by atoms with Crippen molar-refractivity contribution in [3.8, 4) is 5.75 Å². The van der Waals surface area contributed by atoms with Crippen LogP contribution in [-0.4, -0.2) is 18.1 Å². The van der Waals surface area contributed by atoms with E-state index in [1.165, 1.54) is 0 Å². The summed E-state index contributed by atoms with van der Waals surface area (Å²) in [5.74, 6) is 1.74. The minimum Gasteiger partial charge on any atom is -0.497 e. The van der Waals surface area contributed by atoms with Crippen LogP contribution in [0.1, 0.15) is 26.0 Å². The van der Waals surface area contributed by atoms with Gasteiger partial charge in [0.25, 0.3) is 0 Å². The smallest absolute Gasteiger partial charge is 0.130 e. The van der Waals surface area contributed by atoms with E-state index in [9.17, 15) is 0 Å². The highest BCUT2D eigenvalue weighted by atomic mass is 16.5. The molecule has 1 unspecified atom stereocenters. The molecule has 3 nitrogen and oxygen atoms in total. The van der Waals surface area contributed by atoms with E-state index in [-0.39, 0.29) is 0 Å². The molecule has 0 bridgehead atoms. The van der Waals surface area contributed by atoms with Crippen LogP contribution in [0, 0.1) is 6.92 Å². The number of hydrogen-bond donors (Lipinski definition) is 1. The molecule has 0 aliphatic rings. The van der Waals surface area contributed by atoms with Gasteiger partial charge in [0, 0.05) is 23.9 Å². The van der Waals surface area contributed by atoms with Crippen LogP contribution < -0.4 is 10.1 Å². The minimum absolute atomic E-state index is 0.439. The lowest BCUT2D eigenvalue weighted by Crippen LogP contribution is -2.14. The molecule has 0 radical (unpaired) electrons. The van der Waals surface area contributed by atoms with Crippen LogP contribution >= 0.6 is 0 Å². The molecule has 1 atom stereocenters. The molecule has 0 spiro atoms. The van der Waals surface area contributed by atoms with Crippen LogP contribution in [0.25, 0.3) is 0 Å². The first kappa shape index (κ1) is 10.8. The van der Waals surface area contributed by atoms with E-state index in [2.05, 4.69) is 24.1 Å². The lowest BCUT2D eigenvalue weighted by Gasteiger charge is -2.13. The van der Waals surface area contributed by atoms with Crippen molar-refractivity contribution < 1.29 is 4.74 Å². The number of nitrogens with one attached hydrogen (secondary N) is 1. The van der Waals surface area contributed by atoms with E-state index in [0.29, 0.717) is 6.04 Å². The van der Waals surface area contributed by atoms with Crippen molar-refractivity contribution in [3.05, 3.63) is 17.8 Å². The number of hydrogen-bond acceptors (Lipinski definition) is 3. The summed E-state index contributed by atoms with van der Waals surface area (Å²) in [5.41, 5.74) is 0.968. The quantitative estimate of drug-likeness (QED) is 0.800. The lowest BCUT2D eigenvalue weighted by molar-refractivity contribution is 0.414. The third-order valence-corrected chi connectivity index (χ3v) is 2.17. The number of ether oxygens (including phenoxy) is 1. The first-order chi connectivity index (χ1) is 6.65. The molecule has 0 fully saturated rings. The fraction of sp³-hybridized carbons (Fsp3) is 0.545. The second-order valence-electron chi connectivity index (χ2n) is 3.49. The van der Waals surface area contributed by atoms with Gasteiger partial charge in [0.05, 0.1) is 7.11 Å². The highest BCUT2D eigenvalue weighted by molar-refractivity contribution is 5.43. The van der Waals surface area contributed by atoms with Crippen LogP contribution in [0.3, 0.4) is 0 Å². The molecule has 78 valence electrons. The molecule has 1 N–H and O–H groups in total. The normalized spacial score (nSPS) is 12.3. The highest BCUT2D eigenvalue weighted by Crippen LogP contribution is 2.17. The lowest BCUT2D eigenvalue weighted by atomic mass is 10.2. The Balaban J connectivity index is 2.81. The molecule has 0 amide bonds. The molecular formula is C11H18N2O. The number of pyridine rings is 1. The van der Waals surface area contributed by atoms with Crippen LogP contribution in [-0.2, 0) is 0 Å². The van der Waals surface area contributed by atoms with Crippen molar-refractivity contribution in [3.63, 3.8) is 0 Å². The Kier molecular flexibility index (Phi) is 3.74. The summed E-state index contributed by atoms with van der Waals surface area (Å²) in [6, 6.07) is 4.27. The average Bonchev–Trinajstić information content (AvgIpc) is 2.16. The summed E-state index contributed by atoms with van der Waals surface area (Å²) in [6.45, 7) is 6.24. The average molecular weight is 194 g/mol. The first-order valence-corrected chi connectivity index (χ1v) is 4.95. The fourth-order valence-electron chi connectivity index (χ4n) is 1.18. The molecule has 1 heterocycles. The Hall–Kier alpha value is -1.25. The summed E-state index contributed by atoms with van der Waals surface area (Å²) in [6.07, 6.45) is 1.08. The maximum atomic E-state index is 5.17. The van der Waals surface area contributed by atoms with Crippen molar-refractivity contribution in [1.29, 1.82) is 0 Å². The molecule has 0 aliphatic carbocycles. The molecule has 14 heavy (non-hydrogen) atoms. The summed E-state index contributed by atoms with van der Waals surface area (Å²) < 4.78 is 5.17. The van der Waals surface area contributed by atoms with E-state index < -0.39 is 0 Å². The third kappa shape index (κ3) is 2.91. The van der Waals surface area contributed by atoms with Gasteiger partial charge in [-0.1, -0.05) is 6.92 Å². The number of rotatable bonds is 4. The van der Waals surface area contributed by atoms with E-state index in [0.717, 1.165) is 23.7 Å². The number of aromatic nitrogens is 1. The molecule has 0 saturated heterocycles. The largest absolute Gasteiger partial charge is 0.497 e. The molecule has 0 aliphatic heterocycles. The van der Waals surface area contributed by atoms with Crippen molar-refractivity contribution in [2.45, 2.75) is 33.2 Å². The molecule has 0 aromatic carbocycles. The first-order valence-electron chi connectivity index (χ1n) is 4.95. The van der Waals surface area contributed by atoms with E-state index in [4.69, 9.17) is 4.74 Å². The van der Waals surface area contributed by atoms with Gasteiger partial charge in [-0.3, -0.25) is 0 Å². The Labute approximate surface area is 85.5 Å². The zero-order valence-electron chi connectivity index (χ0n) is 9.29. The van der Waals surface area contributed by atoms with Crippen molar-refractivity contribution in [2.24, 2.45) is 0 Å². The van der Waals surface area contributed by atoms with Gasteiger partial charge < -0.3 is 10.1 Å². The monoisotopic (exact) mass is 194 g/mol. The zero-order chi connectivity index (χ0) is 10.6. The minimum atomic E-state index is 0.439. The van der Waals surface area contributed by atoms with Gasteiger partial charge in [0.2, 0.25) is 0 Å². The Morgan fingerprint density at radius 3 is 2.79 bits per heavy atom. The van der Waals surface area contributed by atoms with Gasteiger partial charge in [0.1, 0.15) is 11.6 Å². The van der Waals surface area contributed by atoms with Crippen LogP contribution in [0.5, 0.6) is 5.75 Å². The zero-order valence-corrected chi connectivity index (χ0v) is 9.29.